The molecule has 2 heteroatoms. The number of benzene rings is 4. The third-order valence-electron chi connectivity index (χ3n) is 5.62. The van der Waals surface area contributed by atoms with Gasteiger partial charge in [-0.2, -0.15) is 71.8 Å². The molecule has 1 atom stereocenters. The molecule has 154 valence electrons. The SMILES string of the molecule is CC(O)C(c1[c-]cccc1)c1[c-]cccc1.[W+2].c1ccc2c(c1)Cc1ccccc1C2. The van der Waals surface area contributed by atoms with Crippen LogP contribution in [0.4, 0.5) is 0 Å². The van der Waals surface area contributed by atoms with E-state index in [2.05, 4.69) is 60.7 Å². The summed E-state index contributed by atoms with van der Waals surface area (Å²) in [6, 6.07) is 39.3. The second kappa shape index (κ2) is 11.2. The molecule has 1 aliphatic rings. The first-order valence-corrected chi connectivity index (χ1v) is 10.5. The van der Waals surface area contributed by atoms with Gasteiger partial charge in [0.2, 0.25) is 0 Å². The minimum absolute atomic E-state index is 0. The summed E-state index contributed by atoms with van der Waals surface area (Å²) in [5, 5.41) is 9.88. The maximum Gasteiger partial charge on any atom is 2.00 e. The van der Waals surface area contributed by atoms with Crippen molar-refractivity contribution in [2.75, 3.05) is 0 Å². The smallest absolute Gasteiger partial charge is 0.393 e. The van der Waals surface area contributed by atoms with Crippen molar-refractivity contribution in [3.05, 3.63) is 143 Å². The van der Waals surface area contributed by atoms with Crippen molar-refractivity contribution in [2.45, 2.75) is 31.8 Å². The summed E-state index contributed by atoms with van der Waals surface area (Å²) in [6.07, 6.45) is 1.76. The van der Waals surface area contributed by atoms with Gasteiger partial charge in [0.25, 0.3) is 0 Å². The molecule has 31 heavy (non-hydrogen) atoms. The molecule has 0 heterocycles. The molecular formula is C29H26OW. The van der Waals surface area contributed by atoms with Crippen LogP contribution in [0.3, 0.4) is 0 Å². The average molecular weight is 574 g/mol. The van der Waals surface area contributed by atoms with Gasteiger partial charge in [-0.05, 0) is 47.9 Å². The van der Waals surface area contributed by atoms with Crippen LogP contribution in [0.15, 0.2) is 97.1 Å². The van der Waals surface area contributed by atoms with Crippen molar-refractivity contribution in [1.82, 2.24) is 0 Å². The molecule has 5 rings (SSSR count). The first-order valence-electron chi connectivity index (χ1n) is 10.5. The van der Waals surface area contributed by atoms with Gasteiger partial charge in [0.05, 0.1) is 6.10 Å². The third-order valence-corrected chi connectivity index (χ3v) is 5.62. The molecule has 1 N–H and O–H groups in total. The van der Waals surface area contributed by atoms with Crippen LogP contribution in [0.25, 0.3) is 0 Å². The number of aliphatic hydroxyl groups is 1. The molecule has 0 bridgehead atoms. The average Bonchev–Trinajstić information content (AvgIpc) is 2.79. The van der Waals surface area contributed by atoms with E-state index in [1.807, 2.05) is 48.5 Å². The summed E-state index contributed by atoms with van der Waals surface area (Å²) < 4.78 is 0. The van der Waals surface area contributed by atoms with E-state index in [4.69, 9.17) is 0 Å². The van der Waals surface area contributed by atoms with Crippen molar-refractivity contribution in [3.8, 4) is 0 Å². The molecule has 0 amide bonds. The largest absolute Gasteiger partial charge is 2.00 e. The van der Waals surface area contributed by atoms with Crippen LogP contribution in [0.2, 0.25) is 0 Å². The number of rotatable bonds is 3. The Hall–Kier alpha value is -2.47. The van der Waals surface area contributed by atoms with E-state index in [0.29, 0.717) is 0 Å². The number of hydrogen-bond donors (Lipinski definition) is 1. The molecule has 1 unspecified atom stereocenters. The fourth-order valence-electron chi connectivity index (χ4n) is 4.10. The van der Waals surface area contributed by atoms with Gasteiger partial charge in [0.15, 0.2) is 0 Å². The molecule has 0 aliphatic heterocycles. The van der Waals surface area contributed by atoms with Crippen LogP contribution < -0.4 is 0 Å². The molecule has 4 aromatic carbocycles. The van der Waals surface area contributed by atoms with Crippen LogP contribution in [-0.2, 0) is 33.9 Å². The summed E-state index contributed by atoms with van der Waals surface area (Å²) >= 11 is 0. The van der Waals surface area contributed by atoms with E-state index in [9.17, 15) is 5.11 Å². The molecule has 1 aliphatic carbocycles. The molecular weight excluding hydrogens is 548 g/mol. The molecule has 0 fully saturated rings. The van der Waals surface area contributed by atoms with E-state index in [1.165, 1.54) is 22.3 Å². The minimum Gasteiger partial charge on any atom is -0.393 e. The van der Waals surface area contributed by atoms with E-state index in [-0.39, 0.29) is 27.0 Å². The maximum atomic E-state index is 9.88. The van der Waals surface area contributed by atoms with Gasteiger partial charge in [-0.15, -0.1) is 0 Å². The molecule has 0 spiro atoms. The summed E-state index contributed by atoms with van der Waals surface area (Å²) in [5.41, 5.74) is 7.97. The number of aliphatic hydroxyl groups excluding tert-OH is 1. The zero-order valence-corrected chi connectivity index (χ0v) is 20.6. The van der Waals surface area contributed by atoms with Gasteiger partial charge >= 0.3 is 21.1 Å². The first-order chi connectivity index (χ1) is 14.7. The molecule has 0 aromatic heterocycles. The second-order valence-corrected chi connectivity index (χ2v) is 7.75. The van der Waals surface area contributed by atoms with Crippen molar-refractivity contribution in [1.29, 1.82) is 0 Å². The van der Waals surface area contributed by atoms with Crippen molar-refractivity contribution in [2.24, 2.45) is 0 Å². The number of fused-ring (bicyclic) bond motifs is 2. The Bertz CT molecular complexity index is 947. The Morgan fingerprint density at radius 3 is 1.26 bits per heavy atom. The first kappa shape index (κ1) is 23.2. The maximum absolute atomic E-state index is 9.88. The molecule has 1 nitrogen and oxygen atoms in total. The van der Waals surface area contributed by atoms with Gasteiger partial charge in [-0.25, -0.2) is 0 Å². The summed E-state index contributed by atoms with van der Waals surface area (Å²) in [4.78, 5) is 0. The van der Waals surface area contributed by atoms with Gasteiger partial charge in [-0.1, -0.05) is 48.5 Å². The van der Waals surface area contributed by atoms with Gasteiger partial charge < -0.3 is 5.11 Å². The van der Waals surface area contributed by atoms with Crippen molar-refractivity contribution < 1.29 is 26.2 Å². The second-order valence-electron chi connectivity index (χ2n) is 7.75. The van der Waals surface area contributed by atoms with E-state index in [0.717, 1.165) is 24.0 Å². The van der Waals surface area contributed by atoms with Gasteiger partial charge in [0, 0.05) is 0 Å². The Labute approximate surface area is 200 Å². The molecule has 4 aromatic rings. The molecule has 0 saturated heterocycles. The van der Waals surface area contributed by atoms with Crippen LogP contribution in [0, 0.1) is 12.1 Å². The van der Waals surface area contributed by atoms with Crippen molar-refractivity contribution in [3.63, 3.8) is 0 Å². The van der Waals surface area contributed by atoms with Crippen LogP contribution in [-0.4, -0.2) is 11.2 Å². The summed E-state index contributed by atoms with van der Waals surface area (Å²) in [6.45, 7) is 1.80. The Kier molecular flexibility index (Phi) is 8.41. The Morgan fingerprint density at radius 2 is 0.968 bits per heavy atom. The van der Waals surface area contributed by atoms with Crippen molar-refractivity contribution >= 4 is 0 Å². The summed E-state index contributed by atoms with van der Waals surface area (Å²) in [5.74, 6) is -0.0533. The van der Waals surface area contributed by atoms with Crippen LogP contribution in [0.5, 0.6) is 0 Å². The molecule has 0 saturated carbocycles. The zero-order chi connectivity index (χ0) is 20.8. The predicted molar refractivity (Wildman–Crippen MR) is 123 cm³/mol. The van der Waals surface area contributed by atoms with Gasteiger partial charge in [0.1, 0.15) is 0 Å². The summed E-state index contributed by atoms with van der Waals surface area (Å²) in [7, 11) is 0. The fraction of sp³-hybridized carbons (Fsp3) is 0.172. The quantitative estimate of drug-likeness (QED) is 0.263. The normalized spacial score (nSPS) is 12.5. The molecule has 0 radical (unpaired) electrons. The monoisotopic (exact) mass is 574 g/mol. The standard InChI is InChI=1S/C15H14O.C14H12.W/c1-12(16)15(13-8-4-2-5-9-13)14-10-6-3-7-11-14;1-2-6-12-10-14-8-4-3-7-13(14)9-11(12)5-1;/h2-8,10,12,15-16H,1H3;1-8H,9-10H2;/q-2;;+2. The zero-order valence-electron chi connectivity index (χ0n) is 17.7. The minimum atomic E-state index is -0.447. The van der Waals surface area contributed by atoms with E-state index >= 15 is 0 Å². The van der Waals surface area contributed by atoms with Gasteiger partial charge in [-0.3, -0.25) is 0 Å². The van der Waals surface area contributed by atoms with Crippen LogP contribution in [0.1, 0.15) is 46.2 Å². The Balaban J connectivity index is 0.000000171. The Morgan fingerprint density at radius 1 is 0.613 bits per heavy atom. The number of hydrogen-bond acceptors (Lipinski definition) is 1. The fourth-order valence-corrected chi connectivity index (χ4v) is 4.10. The topological polar surface area (TPSA) is 20.2 Å². The van der Waals surface area contributed by atoms with Crippen LogP contribution >= 0.6 is 0 Å². The van der Waals surface area contributed by atoms with E-state index < -0.39 is 6.10 Å². The van der Waals surface area contributed by atoms with E-state index in [1.54, 1.807) is 6.92 Å². The third kappa shape index (κ3) is 5.82. The predicted octanol–water partition coefficient (Wildman–Crippen LogP) is 5.98.